The van der Waals surface area contributed by atoms with Crippen LogP contribution in [0.1, 0.15) is 38.4 Å². The van der Waals surface area contributed by atoms with E-state index in [4.69, 9.17) is 4.42 Å². The summed E-state index contributed by atoms with van der Waals surface area (Å²) in [6.07, 6.45) is 6.18. The number of hydrogen-bond acceptors (Lipinski definition) is 5. The molecule has 1 aliphatic rings. The molecule has 0 bridgehead atoms. The van der Waals surface area contributed by atoms with E-state index in [2.05, 4.69) is 17.2 Å². The fraction of sp³-hybridized carbons (Fsp3) is 0.409. The van der Waals surface area contributed by atoms with Gasteiger partial charge < -0.3 is 9.73 Å². The first kappa shape index (κ1) is 19.8. The molecule has 0 saturated heterocycles. The van der Waals surface area contributed by atoms with Crippen LogP contribution in [0.15, 0.2) is 57.0 Å². The number of rotatable bonds is 6. The molecule has 1 saturated carbocycles. The molecule has 0 radical (unpaired) electrons. The monoisotopic (exact) mass is 411 g/mol. The van der Waals surface area contributed by atoms with Crippen molar-refractivity contribution in [3.63, 3.8) is 0 Å². The third-order valence-corrected chi connectivity index (χ3v) is 6.49. The minimum absolute atomic E-state index is 0.0132. The van der Waals surface area contributed by atoms with E-state index in [-0.39, 0.29) is 29.8 Å². The number of nitrogens with zero attached hydrogens (tertiary/aromatic N) is 2. The van der Waals surface area contributed by atoms with Crippen molar-refractivity contribution in [2.75, 3.05) is 5.75 Å². The molecule has 1 N–H and O–H groups in total. The number of thioether (sulfide) groups is 1. The van der Waals surface area contributed by atoms with Gasteiger partial charge in [0.05, 0.1) is 29.5 Å². The Balaban J connectivity index is 1.55. The number of para-hydroxylation sites is 1. The van der Waals surface area contributed by atoms with E-state index in [0.717, 1.165) is 19.3 Å². The summed E-state index contributed by atoms with van der Waals surface area (Å²) < 4.78 is 7.01. The van der Waals surface area contributed by atoms with Crippen molar-refractivity contribution in [3.05, 3.63) is 58.8 Å². The molecule has 3 aromatic rings. The molecule has 1 aliphatic carbocycles. The van der Waals surface area contributed by atoms with Gasteiger partial charge in [0.15, 0.2) is 5.16 Å². The first-order chi connectivity index (χ1) is 14.1. The molecule has 6 nitrogen and oxygen atoms in total. The molecular formula is C22H25N3O3S. The second-order valence-corrected chi connectivity index (χ2v) is 8.55. The van der Waals surface area contributed by atoms with Gasteiger partial charge in [0.25, 0.3) is 5.56 Å². The van der Waals surface area contributed by atoms with Crippen LogP contribution in [0.25, 0.3) is 10.9 Å². The number of fused-ring (bicyclic) bond motifs is 1. The zero-order valence-electron chi connectivity index (χ0n) is 16.5. The van der Waals surface area contributed by atoms with Crippen LogP contribution in [-0.2, 0) is 11.3 Å². The Morgan fingerprint density at radius 1 is 1.24 bits per heavy atom. The second kappa shape index (κ2) is 8.86. The summed E-state index contributed by atoms with van der Waals surface area (Å²) in [5.41, 5.74) is 0.507. The fourth-order valence-corrected chi connectivity index (χ4v) is 4.67. The number of hydrogen-bond donors (Lipinski definition) is 1. The molecule has 2 heterocycles. The molecule has 152 valence electrons. The number of benzene rings is 1. The van der Waals surface area contributed by atoms with Gasteiger partial charge in [-0.25, -0.2) is 4.98 Å². The maximum atomic E-state index is 13.0. The normalized spacial score (nSPS) is 19.3. The van der Waals surface area contributed by atoms with Gasteiger partial charge in [-0.15, -0.1) is 0 Å². The zero-order chi connectivity index (χ0) is 20.2. The molecule has 1 aromatic carbocycles. The van der Waals surface area contributed by atoms with Crippen molar-refractivity contribution in [3.8, 4) is 0 Å². The lowest BCUT2D eigenvalue weighted by Gasteiger charge is -2.29. The third kappa shape index (κ3) is 4.56. The van der Waals surface area contributed by atoms with Crippen LogP contribution in [0.5, 0.6) is 0 Å². The number of furan rings is 1. The van der Waals surface area contributed by atoms with Crippen LogP contribution in [0.3, 0.4) is 0 Å². The summed E-state index contributed by atoms with van der Waals surface area (Å²) in [6.45, 7) is 2.48. The molecule has 1 amide bonds. The summed E-state index contributed by atoms with van der Waals surface area (Å²) in [4.78, 5) is 30.2. The highest BCUT2D eigenvalue weighted by Gasteiger charge is 2.23. The van der Waals surface area contributed by atoms with Crippen molar-refractivity contribution in [2.45, 2.75) is 50.4 Å². The standard InChI is InChI=1S/C22H25N3O3S/c1-15-7-2-4-10-18(15)23-20(26)14-29-22-24-19-11-5-3-9-17(19)21(27)25(22)13-16-8-6-12-28-16/h3,5-6,8-9,11-12,15,18H,2,4,7,10,13-14H2,1H3,(H,23,26)/t15-,18+/m0/s1. The largest absolute Gasteiger partial charge is 0.467 e. The van der Waals surface area contributed by atoms with Crippen molar-refractivity contribution < 1.29 is 9.21 Å². The quantitative estimate of drug-likeness (QED) is 0.493. The summed E-state index contributed by atoms with van der Waals surface area (Å²) in [6, 6.07) is 11.1. The first-order valence-electron chi connectivity index (χ1n) is 10.1. The number of nitrogens with one attached hydrogen (secondary N) is 1. The Morgan fingerprint density at radius 2 is 2.07 bits per heavy atom. The summed E-state index contributed by atoms with van der Waals surface area (Å²) in [5, 5.41) is 4.25. The highest BCUT2D eigenvalue weighted by molar-refractivity contribution is 7.99. The van der Waals surface area contributed by atoms with Gasteiger partial charge in [0.2, 0.25) is 5.91 Å². The summed E-state index contributed by atoms with van der Waals surface area (Å²) in [7, 11) is 0. The SMILES string of the molecule is C[C@H]1CCCC[C@H]1NC(=O)CSc1nc2ccccc2c(=O)n1Cc1ccco1. The van der Waals surface area contributed by atoms with Gasteiger partial charge >= 0.3 is 0 Å². The van der Waals surface area contributed by atoms with Crippen LogP contribution in [0, 0.1) is 5.92 Å². The molecule has 1 fully saturated rings. The van der Waals surface area contributed by atoms with Gasteiger partial charge in [0, 0.05) is 6.04 Å². The van der Waals surface area contributed by atoms with E-state index in [1.807, 2.05) is 24.3 Å². The average Bonchev–Trinajstić information content (AvgIpc) is 3.24. The lowest BCUT2D eigenvalue weighted by molar-refractivity contribution is -0.119. The highest BCUT2D eigenvalue weighted by Crippen LogP contribution is 2.24. The average molecular weight is 412 g/mol. The van der Waals surface area contributed by atoms with Crippen LogP contribution in [0.4, 0.5) is 0 Å². The van der Waals surface area contributed by atoms with Crippen molar-refractivity contribution in [1.82, 2.24) is 14.9 Å². The number of amides is 1. The van der Waals surface area contributed by atoms with Crippen LogP contribution < -0.4 is 10.9 Å². The zero-order valence-corrected chi connectivity index (χ0v) is 17.3. The van der Waals surface area contributed by atoms with Crippen LogP contribution in [-0.4, -0.2) is 27.3 Å². The maximum absolute atomic E-state index is 13.0. The van der Waals surface area contributed by atoms with Gasteiger partial charge in [-0.2, -0.15) is 0 Å². The van der Waals surface area contributed by atoms with Crippen molar-refractivity contribution in [1.29, 1.82) is 0 Å². The summed E-state index contributed by atoms with van der Waals surface area (Å²) >= 11 is 1.29. The molecule has 7 heteroatoms. The van der Waals surface area contributed by atoms with E-state index in [9.17, 15) is 9.59 Å². The fourth-order valence-electron chi connectivity index (χ4n) is 3.86. The van der Waals surface area contributed by atoms with Gasteiger partial charge in [0.1, 0.15) is 5.76 Å². The van der Waals surface area contributed by atoms with Crippen molar-refractivity contribution >= 4 is 28.6 Å². The smallest absolute Gasteiger partial charge is 0.262 e. The Bertz CT molecular complexity index is 1050. The second-order valence-electron chi connectivity index (χ2n) is 7.61. The number of carbonyl (C=O) groups is 1. The maximum Gasteiger partial charge on any atom is 0.262 e. The van der Waals surface area contributed by atoms with Crippen LogP contribution >= 0.6 is 11.8 Å². The van der Waals surface area contributed by atoms with E-state index in [1.165, 1.54) is 18.2 Å². The Labute approximate surface area is 173 Å². The Morgan fingerprint density at radius 3 is 2.86 bits per heavy atom. The first-order valence-corrected chi connectivity index (χ1v) is 11.0. The lowest BCUT2D eigenvalue weighted by Crippen LogP contribution is -2.42. The minimum Gasteiger partial charge on any atom is -0.467 e. The molecule has 4 rings (SSSR count). The number of carbonyl (C=O) groups excluding carboxylic acids is 1. The van der Waals surface area contributed by atoms with Gasteiger partial charge in [-0.1, -0.05) is 43.7 Å². The van der Waals surface area contributed by atoms with Gasteiger partial charge in [-0.3, -0.25) is 14.2 Å². The molecule has 0 unspecified atom stereocenters. The summed E-state index contributed by atoms with van der Waals surface area (Å²) in [5.74, 6) is 1.40. The molecule has 0 spiro atoms. The lowest BCUT2D eigenvalue weighted by atomic mass is 9.86. The number of aromatic nitrogens is 2. The molecule has 0 aliphatic heterocycles. The van der Waals surface area contributed by atoms with Gasteiger partial charge in [-0.05, 0) is 43.0 Å². The predicted octanol–water partition coefficient (Wildman–Crippen LogP) is 3.82. The van der Waals surface area contributed by atoms with E-state index in [1.54, 1.807) is 23.0 Å². The third-order valence-electron chi connectivity index (χ3n) is 5.51. The van der Waals surface area contributed by atoms with Crippen molar-refractivity contribution in [2.24, 2.45) is 5.92 Å². The molecule has 2 aromatic heterocycles. The molecule has 29 heavy (non-hydrogen) atoms. The molecular weight excluding hydrogens is 386 g/mol. The van der Waals surface area contributed by atoms with E-state index in [0.29, 0.717) is 27.7 Å². The highest BCUT2D eigenvalue weighted by atomic mass is 32.2. The van der Waals surface area contributed by atoms with E-state index < -0.39 is 0 Å². The van der Waals surface area contributed by atoms with E-state index >= 15 is 0 Å². The molecule has 2 atom stereocenters. The van der Waals surface area contributed by atoms with Crippen LogP contribution in [0.2, 0.25) is 0 Å². The predicted molar refractivity (Wildman–Crippen MR) is 114 cm³/mol. The Hall–Kier alpha value is -2.54. The topological polar surface area (TPSA) is 77.1 Å². The Kier molecular flexibility index (Phi) is 6.04. The minimum atomic E-state index is -0.129.